The van der Waals surface area contributed by atoms with E-state index in [9.17, 15) is 27.6 Å². The number of hydrazone groups is 1. The Hall–Kier alpha value is -5.30. The quantitative estimate of drug-likeness (QED) is 0.0997. The van der Waals surface area contributed by atoms with Gasteiger partial charge in [-0.3, -0.25) is 19.4 Å². The van der Waals surface area contributed by atoms with Gasteiger partial charge in [0.05, 0.1) is 29.7 Å². The Bertz CT molecular complexity index is 1770. The van der Waals surface area contributed by atoms with E-state index in [1.165, 1.54) is 25.3 Å². The fourth-order valence-electron chi connectivity index (χ4n) is 4.15. The van der Waals surface area contributed by atoms with E-state index < -0.39 is 34.7 Å². The molecule has 0 spiro atoms. The van der Waals surface area contributed by atoms with E-state index >= 15 is 0 Å². The van der Waals surface area contributed by atoms with E-state index in [4.69, 9.17) is 11.3 Å². The van der Waals surface area contributed by atoms with Gasteiger partial charge in [-0.2, -0.15) is 18.3 Å². The third-order valence-corrected chi connectivity index (χ3v) is 6.25. The first-order valence-electron chi connectivity index (χ1n) is 14.0. The maximum Gasteiger partial charge on any atom is 0.416 e. The number of hydrogen-bond acceptors (Lipinski definition) is 6. The van der Waals surface area contributed by atoms with Crippen molar-refractivity contribution in [2.24, 2.45) is 5.10 Å². The molecule has 0 atom stereocenters. The molecule has 0 aliphatic rings. The van der Waals surface area contributed by atoms with Gasteiger partial charge in [-0.05, 0) is 83.2 Å². The molecule has 10 nitrogen and oxygen atoms in total. The lowest BCUT2D eigenvalue weighted by Gasteiger charge is -2.19. The van der Waals surface area contributed by atoms with Crippen molar-refractivity contribution in [3.05, 3.63) is 97.6 Å². The molecule has 45 heavy (non-hydrogen) atoms. The minimum atomic E-state index is -4.64. The van der Waals surface area contributed by atoms with Gasteiger partial charge in [0.25, 0.3) is 5.56 Å². The fraction of sp³-hybridized carbons (Fsp3) is 0.344. The van der Waals surface area contributed by atoms with E-state index in [0.717, 1.165) is 21.3 Å². The summed E-state index contributed by atoms with van der Waals surface area (Å²) < 4.78 is 47.6. The van der Waals surface area contributed by atoms with E-state index in [0.29, 0.717) is 37.2 Å². The van der Waals surface area contributed by atoms with Crippen LogP contribution in [0.25, 0.3) is 10.5 Å². The van der Waals surface area contributed by atoms with Gasteiger partial charge in [-0.1, -0.05) is 24.1 Å². The van der Waals surface area contributed by atoms with Crippen LogP contribution in [0, 0.1) is 25.3 Å². The van der Waals surface area contributed by atoms with Crippen LogP contribution in [0.1, 0.15) is 56.9 Å². The van der Waals surface area contributed by atoms with E-state index in [1.807, 2.05) is 0 Å². The maximum absolute atomic E-state index is 13.5. The average Bonchev–Trinajstić information content (AvgIpc) is 2.97. The molecular formula is C32H33F3N6O4. The average molecular weight is 623 g/mol. The van der Waals surface area contributed by atoms with Crippen LogP contribution in [-0.4, -0.2) is 33.6 Å². The summed E-state index contributed by atoms with van der Waals surface area (Å²) in [6.07, 6.45) is -2.54. The van der Waals surface area contributed by atoms with E-state index in [1.54, 1.807) is 45.0 Å². The number of benzene rings is 2. The number of hydrogen-bond donors (Lipinski definition) is 2. The van der Waals surface area contributed by atoms with E-state index in [2.05, 4.69) is 32.5 Å². The van der Waals surface area contributed by atoms with Gasteiger partial charge in [0.15, 0.2) is 5.69 Å². The minimum Gasteiger partial charge on any atom is -0.444 e. The van der Waals surface area contributed by atoms with Crippen LogP contribution in [0.4, 0.5) is 29.3 Å². The molecule has 236 valence electrons. The van der Waals surface area contributed by atoms with Crippen molar-refractivity contribution in [3.63, 3.8) is 0 Å². The van der Waals surface area contributed by atoms with Gasteiger partial charge in [0.1, 0.15) is 11.2 Å². The number of halogens is 3. The molecule has 0 radical (unpaired) electrons. The zero-order chi connectivity index (χ0) is 33.2. The van der Waals surface area contributed by atoms with Gasteiger partial charge in [-0.25, -0.2) is 14.4 Å². The Morgan fingerprint density at radius 3 is 2.44 bits per heavy atom. The predicted molar refractivity (Wildman–Crippen MR) is 166 cm³/mol. The standard InChI is InChI=1S/C32H33F3N6O4/c1-22-27(13-10-19-38-39-25-16-14-24(36-5)15-17-25)28(42)40(20-8-6-7-18-37-29(43)45-31(2,3)4)30(44)41(22)26-12-9-11-23(21-26)32(33,34)35/h9,11-12,14-17,19,21,39H,6-8,18,20H2,1-4H3,(H,37,43)/b38-19-. The SMILES string of the molecule is [C-]#[N+]c1ccc(N/N=C\C#Cc2c(C)n(-c3cccc(C(F)(F)F)c3)c(=O)n(CCCCCNC(=O)OC(C)(C)C)c2=O)cc1. The Kier molecular flexibility index (Phi) is 11.3. The van der Waals surface area contributed by atoms with Crippen molar-refractivity contribution in [1.29, 1.82) is 0 Å². The summed E-state index contributed by atoms with van der Waals surface area (Å²) >= 11 is 0. The summed E-state index contributed by atoms with van der Waals surface area (Å²) in [7, 11) is 0. The highest BCUT2D eigenvalue weighted by Gasteiger charge is 2.31. The van der Waals surface area contributed by atoms with Crippen LogP contribution >= 0.6 is 0 Å². The first-order valence-corrected chi connectivity index (χ1v) is 14.0. The van der Waals surface area contributed by atoms with Crippen LogP contribution in [0.2, 0.25) is 0 Å². The molecule has 0 aliphatic heterocycles. The summed E-state index contributed by atoms with van der Waals surface area (Å²) in [6, 6.07) is 10.8. The van der Waals surface area contributed by atoms with Crippen LogP contribution in [-0.2, 0) is 17.5 Å². The first kappa shape index (κ1) is 34.2. The van der Waals surface area contributed by atoms with Crippen LogP contribution in [0.3, 0.4) is 0 Å². The Balaban J connectivity index is 1.88. The number of ether oxygens (including phenoxy) is 1. The summed E-state index contributed by atoms with van der Waals surface area (Å²) in [5.74, 6) is 5.33. The highest BCUT2D eigenvalue weighted by Crippen LogP contribution is 2.30. The molecule has 1 heterocycles. The second-order valence-corrected chi connectivity index (χ2v) is 10.9. The van der Waals surface area contributed by atoms with Gasteiger partial charge < -0.3 is 10.1 Å². The zero-order valence-electron chi connectivity index (χ0n) is 25.3. The monoisotopic (exact) mass is 622 g/mol. The number of rotatable bonds is 9. The molecule has 3 aromatic rings. The summed E-state index contributed by atoms with van der Waals surface area (Å²) in [4.78, 5) is 42.1. The van der Waals surface area contributed by atoms with Crippen molar-refractivity contribution in [3.8, 4) is 17.5 Å². The Morgan fingerprint density at radius 1 is 1.09 bits per heavy atom. The molecule has 1 amide bonds. The third-order valence-electron chi connectivity index (χ3n) is 6.25. The summed E-state index contributed by atoms with van der Waals surface area (Å²) in [5, 5.41) is 6.61. The molecule has 0 saturated heterocycles. The smallest absolute Gasteiger partial charge is 0.416 e. The highest BCUT2D eigenvalue weighted by molar-refractivity contribution is 5.80. The number of amides is 1. The number of aromatic nitrogens is 2. The topological polar surface area (TPSA) is 111 Å². The van der Waals surface area contributed by atoms with Gasteiger partial charge in [0.2, 0.25) is 0 Å². The lowest BCUT2D eigenvalue weighted by atomic mass is 10.1. The van der Waals surface area contributed by atoms with Crippen LogP contribution in [0.5, 0.6) is 0 Å². The van der Waals surface area contributed by atoms with Crippen molar-refractivity contribution in [1.82, 2.24) is 14.5 Å². The number of anilines is 1. The normalized spacial score (nSPS) is 11.4. The number of nitrogens with zero attached hydrogens (tertiary/aromatic N) is 4. The van der Waals surface area contributed by atoms with E-state index in [-0.39, 0.29) is 23.5 Å². The maximum atomic E-state index is 13.5. The molecule has 0 saturated carbocycles. The molecular weight excluding hydrogens is 589 g/mol. The first-order chi connectivity index (χ1) is 21.2. The largest absolute Gasteiger partial charge is 0.444 e. The molecule has 0 fully saturated rings. The minimum absolute atomic E-state index is 0.0196. The van der Waals surface area contributed by atoms with Crippen LogP contribution in [0.15, 0.2) is 63.2 Å². The second-order valence-electron chi connectivity index (χ2n) is 10.9. The molecule has 2 aromatic carbocycles. The Labute approximate surface area is 258 Å². The fourth-order valence-corrected chi connectivity index (χ4v) is 4.15. The summed E-state index contributed by atoms with van der Waals surface area (Å²) in [5.41, 5.74) is 0.663. The zero-order valence-corrected chi connectivity index (χ0v) is 25.3. The van der Waals surface area contributed by atoms with Gasteiger partial charge in [-0.15, -0.1) is 0 Å². The summed E-state index contributed by atoms with van der Waals surface area (Å²) in [6.45, 7) is 14.0. The molecule has 13 heteroatoms. The van der Waals surface area contributed by atoms with Crippen molar-refractivity contribution in [2.45, 2.75) is 65.3 Å². The van der Waals surface area contributed by atoms with Gasteiger partial charge >= 0.3 is 18.0 Å². The number of nitrogens with one attached hydrogen (secondary N) is 2. The molecule has 2 N–H and O–H groups in total. The molecule has 0 bridgehead atoms. The number of unbranched alkanes of at least 4 members (excludes halogenated alkanes) is 2. The number of alkyl halides is 3. The van der Waals surface area contributed by atoms with Crippen LogP contribution < -0.4 is 22.0 Å². The Morgan fingerprint density at radius 2 is 1.80 bits per heavy atom. The lowest BCUT2D eigenvalue weighted by Crippen LogP contribution is -2.42. The highest BCUT2D eigenvalue weighted by atomic mass is 19.4. The lowest BCUT2D eigenvalue weighted by molar-refractivity contribution is -0.137. The molecule has 0 unspecified atom stereocenters. The third kappa shape index (κ3) is 9.86. The molecule has 0 aliphatic carbocycles. The molecule has 3 rings (SSSR count). The van der Waals surface area contributed by atoms with Crippen molar-refractivity contribution >= 4 is 23.7 Å². The van der Waals surface area contributed by atoms with Crippen molar-refractivity contribution < 1.29 is 22.7 Å². The van der Waals surface area contributed by atoms with Crippen molar-refractivity contribution in [2.75, 3.05) is 12.0 Å². The number of carbonyl (C=O) groups is 1. The predicted octanol–water partition coefficient (Wildman–Crippen LogP) is 6.02. The second kappa shape index (κ2) is 14.9. The molecule has 1 aromatic heterocycles. The number of alkyl carbamates (subject to hydrolysis) is 1. The number of carbonyl (C=O) groups excluding carboxylic acids is 1. The van der Waals surface area contributed by atoms with Gasteiger partial charge in [0, 0.05) is 18.8 Å².